The van der Waals surface area contributed by atoms with Gasteiger partial charge >= 0.3 is 0 Å². The Labute approximate surface area is 149 Å². The van der Waals surface area contributed by atoms with Crippen LogP contribution in [0, 0.1) is 5.82 Å². The molecular formula is C17H13BF2N4O2. The molecule has 0 bridgehead atoms. The third-order valence-corrected chi connectivity index (χ3v) is 4.76. The van der Waals surface area contributed by atoms with Crippen molar-refractivity contribution in [3.05, 3.63) is 47.5 Å². The molecule has 130 valence electrons. The maximum atomic E-state index is 14.2. The van der Waals surface area contributed by atoms with Crippen molar-refractivity contribution < 1.29 is 18.4 Å². The molecule has 1 aromatic carbocycles. The maximum Gasteiger partial charge on any atom is 0.254 e. The number of rotatable bonds is 3. The first-order valence-corrected chi connectivity index (χ1v) is 8.00. The second-order valence-electron chi connectivity index (χ2n) is 6.57. The van der Waals surface area contributed by atoms with Gasteiger partial charge in [-0.1, -0.05) is 17.6 Å². The number of anilines is 1. The summed E-state index contributed by atoms with van der Waals surface area (Å²) in [5, 5.41) is 2.39. The summed E-state index contributed by atoms with van der Waals surface area (Å²) in [6.45, 7) is -0.182. The first kappa shape index (κ1) is 16.6. The fourth-order valence-corrected chi connectivity index (χ4v) is 3.37. The molecule has 26 heavy (non-hydrogen) atoms. The van der Waals surface area contributed by atoms with E-state index in [-0.39, 0.29) is 31.4 Å². The van der Waals surface area contributed by atoms with Gasteiger partial charge in [-0.2, -0.15) is 0 Å². The predicted octanol–water partition coefficient (Wildman–Crippen LogP) is 0.484. The van der Waals surface area contributed by atoms with Gasteiger partial charge in [0.2, 0.25) is 11.9 Å². The number of hydrogen-bond donors (Lipinski definition) is 1. The first-order chi connectivity index (χ1) is 12.4. The van der Waals surface area contributed by atoms with Gasteiger partial charge in [-0.25, -0.2) is 18.7 Å². The van der Waals surface area contributed by atoms with Crippen LogP contribution in [0.15, 0.2) is 30.6 Å². The van der Waals surface area contributed by atoms with Crippen LogP contribution in [-0.4, -0.2) is 53.8 Å². The second kappa shape index (κ2) is 5.86. The molecule has 4 rings (SSSR count). The summed E-state index contributed by atoms with van der Waals surface area (Å²) in [5.41, 5.74) is 0.630. The minimum absolute atomic E-state index is 0.0708. The molecule has 2 aromatic rings. The highest BCUT2D eigenvalue weighted by molar-refractivity contribution is 6.32. The highest BCUT2D eigenvalue weighted by Gasteiger charge is 2.61. The lowest BCUT2D eigenvalue weighted by Gasteiger charge is -2.34. The number of alkyl halides is 1. The molecule has 1 aromatic heterocycles. The Morgan fingerprint density at radius 3 is 2.73 bits per heavy atom. The van der Waals surface area contributed by atoms with Crippen molar-refractivity contribution in [3.63, 3.8) is 0 Å². The van der Waals surface area contributed by atoms with Gasteiger partial charge < -0.3 is 4.90 Å². The van der Waals surface area contributed by atoms with Crippen molar-refractivity contribution in [1.82, 2.24) is 14.9 Å². The molecule has 2 heterocycles. The van der Waals surface area contributed by atoms with Crippen molar-refractivity contribution in [2.24, 2.45) is 0 Å². The van der Waals surface area contributed by atoms with E-state index in [0.717, 1.165) is 12.4 Å². The summed E-state index contributed by atoms with van der Waals surface area (Å²) in [4.78, 5) is 33.5. The Morgan fingerprint density at radius 2 is 2.08 bits per heavy atom. The maximum absolute atomic E-state index is 14.2. The topological polar surface area (TPSA) is 75.2 Å². The average Bonchev–Trinajstić information content (AvgIpc) is 3.25. The van der Waals surface area contributed by atoms with Crippen LogP contribution in [0.2, 0.25) is 0 Å². The summed E-state index contributed by atoms with van der Waals surface area (Å²) in [6, 6.07) is 4.78. The van der Waals surface area contributed by atoms with Crippen LogP contribution in [-0.2, 0) is 10.2 Å². The third kappa shape index (κ3) is 2.73. The molecule has 6 nitrogen and oxygen atoms in total. The van der Waals surface area contributed by atoms with Gasteiger partial charge in [0, 0.05) is 17.5 Å². The zero-order valence-corrected chi connectivity index (χ0v) is 13.6. The molecule has 2 radical (unpaired) electrons. The highest BCUT2D eigenvalue weighted by atomic mass is 19.1. The van der Waals surface area contributed by atoms with Crippen molar-refractivity contribution >= 4 is 31.1 Å². The fourth-order valence-electron chi connectivity index (χ4n) is 3.37. The molecule has 1 fully saturated rings. The van der Waals surface area contributed by atoms with Crippen LogP contribution >= 0.6 is 0 Å². The number of amides is 2. The Balaban J connectivity index is 1.54. The van der Waals surface area contributed by atoms with Gasteiger partial charge in [0.1, 0.15) is 20.6 Å². The average molecular weight is 354 g/mol. The van der Waals surface area contributed by atoms with Gasteiger partial charge in [0.25, 0.3) is 5.91 Å². The van der Waals surface area contributed by atoms with E-state index in [4.69, 9.17) is 7.85 Å². The molecule has 1 spiro atoms. The zero-order valence-electron chi connectivity index (χ0n) is 13.6. The van der Waals surface area contributed by atoms with Gasteiger partial charge in [0.15, 0.2) is 5.82 Å². The monoisotopic (exact) mass is 354 g/mol. The van der Waals surface area contributed by atoms with Crippen molar-refractivity contribution in [2.75, 3.05) is 18.4 Å². The number of fused-ring (bicyclic) bond motifs is 2. The molecular weight excluding hydrogens is 341 g/mol. The van der Waals surface area contributed by atoms with E-state index in [9.17, 15) is 18.4 Å². The van der Waals surface area contributed by atoms with E-state index in [1.165, 1.54) is 4.90 Å². The van der Waals surface area contributed by atoms with E-state index in [1.807, 2.05) is 0 Å². The SMILES string of the molecule is [B]c1ccc2c(c1)[C@]1(C[C@H]1F)CN(CC(=O)Nc1ncc(F)cn1)C2=O. The minimum atomic E-state index is -1.08. The smallest absolute Gasteiger partial charge is 0.254 e. The summed E-state index contributed by atoms with van der Waals surface area (Å²) in [6.07, 6.45) is 1.04. The molecule has 1 N–H and O–H groups in total. The first-order valence-electron chi connectivity index (χ1n) is 8.00. The third-order valence-electron chi connectivity index (χ3n) is 4.76. The van der Waals surface area contributed by atoms with Crippen LogP contribution in [0.3, 0.4) is 0 Å². The Hall–Kier alpha value is -2.84. The van der Waals surface area contributed by atoms with E-state index in [0.29, 0.717) is 16.6 Å². The fraction of sp³-hybridized carbons (Fsp3) is 0.294. The number of benzene rings is 1. The molecule has 0 saturated heterocycles. The Bertz CT molecular complexity index is 908. The lowest BCUT2D eigenvalue weighted by Crippen LogP contribution is -2.48. The van der Waals surface area contributed by atoms with E-state index < -0.39 is 23.3 Å². The second-order valence-corrected chi connectivity index (χ2v) is 6.57. The van der Waals surface area contributed by atoms with Crippen molar-refractivity contribution in [1.29, 1.82) is 0 Å². The van der Waals surface area contributed by atoms with Gasteiger partial charge in [0.05, 0.1) is 12.4 Å². The van der Waals surface area contributed by atoms with E-state index >= 15 is 0 Å². The molecule has 1 saturated carbocycles. The normalized spacial score (nSPS) is 23.7. The standard InChI is InChI=1S/C17H13BF2N4O2/c18-9-1-2-11-12(3-9)17(4-13(17)20)8-24(15(11)26)7-14(25)23-16-21-5-10(19)6-22-16/h1-3,5-6,13H,4,7-8H2,(H,21,22,23,25)/t13-,17+/m1/s1. The largest absolute Gasteiger partial charge is 0.328 e. The van der Waals surface area contributed by atoms with Crippen molar-refractivity contribution in [3.8, 4) is 0 Å². The molecule has 2 atom stereocenters. The van der Waals surface area contributed by atoms with Crippen molar-refractivity contribution in [2.45, 2.75) is 18.0 Å². The summed E-state index contributed by atoms with van der Waals surface area (Å²) in [5.74, 6) is -1.61. The van der Waals surface area contributed by atoms with Crippen LogP contribution in [0.1, 0.15) is 22.3 Å². The predicted molar refractivity (Wildman–Crippen MR) is 89.5 cm³/mol. The number of halogens is 2. The summed E-state index contributed by atoms with van der Waals surface area (Å²) >= 11 is 0. The molecule has 9 heteroatoms. The number of carbonyl (C=O) groups is 2. The van der Waals surface area contributed by atoms with E-state index in [2.05, 4.69) is 15.3 Å². The Morgan fingerprint density at radius 1 is 1.38 bits per heavy atom. The molecule has 1 aliphatic carbocycles. The molecule has 0 unspecified atom stereocenters. The number of carbonyl (C=O) groups excluding carboxylic acids is 2. The number of nitrogens with one attached hydrogen (secondary N) is 1. The van der Waals surface area contributed by atoms with E-state index in [1.54, 1.807) is 18.2 Å². The van der Waals surface area contributed by atoms with Crippen LogP contribution in [0.4, 0.5) is 14.7 Å². The quantitative estimate of drug-likeness (QED) is 0.814. The highest BCUT2D eigenvalue weighted by Crippen LogP contribution is 2.54. The van der Waals surface area contributed by atoms with Crippen LogP contribution in [0.25, 0.3) is 0 Å². The Kier molecular flexibility index (Phi) is 3.75. The number of nitrogens with zero attached hydrogens (tertiary/aromatic N) is 3. The minimum Gasteiger partial charge on any atom is -0.328 e. The molecule has 2 aliphatic rings. The van der Waals surface area contributed by atoms with Crippen LogP contribution in [0.5, 0.6) is 0 Å². The van der Waals surface area contributed by atoms with Gasteiger partial charge in [-0.15, -0.1) is 0 Å². The number of hydrogen-bond acceptors (Lipinski definition) is 4. The van der Waals surface area contributed by atoms with Crippen LogP contribution < -0.4 is 10.8 Å². The molecule has 1 aliphatic heterocycles. The number of aromatic nitrogens is 2. The molecule has 2 amide bonds. The lowest BCUT2D eigenvalue weighted by molar-refractivity contribution is -0.117. The summed E-state index contributed by atoms with van der Waals surface area (Å²) < 4.78 is 27.0. The zero-order chi connectivity index (χ0) is 18.5. The lowest BCUT2D eigenvalue weighted by atomic mass is 9.82. The van der Waals surface area contributed by atoms with Gasteiger partial charge in [-0.3, -0.25) is 14.9 Å². The van der Waals surface area contributed by atoms with Gasteiger partial charge in [-0.05, 0) is 18.1 Å². The summed E-state index contributed by atoms with van der Waals surface area (Å²) in [7, 11) is 5.78.